The van der Waals surface area contributed by atoms with E-state index in [0.29, 0.717) is 23.3 Å². The van der Waals surface area contributed by atoms with Crippen molar-refractivity contribution in [3.63, 3.8) is 0 Å². The van der Waals surface area contributed by atoms with Crippen LogP contribution >= 0.6 is 11.3 Å². The Hall–Kier alpha value is -2.95. The van der Waals surface area contributed by atoms with Crippen LogP contribution in [-0.2, 0) is 14.8 Å². The second-order valence-electron chi connectivity index (χ2n) is 9.94. The van der Waals surface area contributed by atoms with Gasteiger partial charge in [-0.05, 0) is 68.7 Å². The van der Waals surface area contributed by atoms with Gasteiger partial charge in [-0.3, -0.25) is 4.79 Å². The van der Waals surface area contributed by atoms with Crippen LogP contribution in [0.2, 0.25) is 0 Å². The number of nitrogens with zero attached hydrogens (tertiary/aromatic N) is 1. The zero-order chi connectivity index (χ0) is 26.7. The number of para-hydroxylation sites is 1. The average molecular weight is 555 g/mol. The molecule has 1 amide bonds. The van der Waals surface area contributed by atoms with Crippen molar-refractivity contribution in [3.05, 3.63) is 59.2 Å². The number of hydrogen-bond donors (Lipinski definition) is 3. The van der Waals surface area contributed by atoms with E-state index in [1.807, 2.05) is 24.3 Å². The van der Waals surface area contributed by atoms with Crippen molar-refractivity contribution < 1.29 is 17.9 Å². The van der Waals surface area contributed by atoms with Crippen LogP contribution < -0.4 is 20.1 Å². The highest BCUT2D eigenvalue weighted by Crippen LogP contribution is 2.41. The van der Waals surface area contributed by atoms with E-state index in [0.717, 1.165) is 35.0 Å². The molecule has 1 aromatic heterocycles. The van der Waals surface area contributed by atoms with Crippen LogP contribution in [-0.4, -0.2) is 39.5 Å². The van der Waals surface area contributed by atoms with Gasteiger partial charge < -0.3 is 15.4 Å². The van der Waals surface area contributed by atoms with Crippen molar-refractivity contribution in [2.75, 3.05) is 25.5 Å². The van der Waals surface area contributed by atoms with Crippen LogP contribution in [0.25, 0.3) is 10.2 Å². The monoisotopic (exact) mass is 554 g/mol. The molecule has 3 N–H and O–H groups in total. The third-order valence-electron chi connectivity index (χ3n) is 7.40. The number of sulfonamides is 1. The molecule has 38 heavy (non-hydrogen) atoms. The predicted octanol–water partition coefficient (Wildman–Crippen LogP) is 5.15. The van der Waals surface area contributed by atoms with E-state index in [1.54, 1.807) is 36.4 Å². The van der Waals surface area contributed by atoms with Crippen LogP contribution in [0.5, 0.6) is 5.75 Å². The van der Waals surface area contributed by atoms with Gasteiger partial charge in [-0.2, -0.15) is 0 Å². The summed E-state index contributed by atoms with van der Waals surface area (Å²) >= 11 is 1.42. The summed E-state index contributed by atoms with van der Waals surface area (Å²) in [7, 11) is -2.02. The highest BCUT2D eigenvalue weighted by molar-refractivity contribution is 7.89. The summed E-state index contributed by atoms with van der Waals surface area (Å²) in [5.41, 5.74) is 4.83. The third-order valence-corrected chi connectivity index (χ3v) is 9.77. The highest BCUT2D eigenvalue weighted by Gasteiger charge is 2.29. The lowest BCUT2D eigenvalue weighted by Crippen LogP contribution is -2.33. The second kappa shape index (κ2) is 11.4. The largest absolute Gasteiger partial charge is 0.483 e. The minimum Gasteiger partial charge on any atom is -0.483 e. The van der Waals surface area contributed by atoms with Crippen molar-refractivity contribution in [2.24, 2.45) is 5.92 Å². The Morgan fingerprint density at radius 3 is 2.66 bits per heavy atom. The van der Waals surface area contributed by atoms with Crippen LogP contribution in [0.3, 0.4) is 0 Å². The minimum absolute atomic E-state index is 0.0595. The van der Waals surface area contributed by atoms with Crippen LogP contribution in [0, 0.1) is 5.92 Å². The Labute approximate surface area is 227 Å². The first-order chi connectivity index (χ1) is 18.4. The van der Waals surface area contributed by atoms with E-state index < -0.39 is 10.0 Å². The zero-order valence-electron chi connectivity index (χ0n) is 21.7. The van der Waals surface area contributed by atoms with Gasteiger partial charge >= 0.3 is 0 Å². The predicted molar refractivity (Wildman–Crippen MR) is 151 cm³/mol. The van der Waals surface area contributed by atoms with Gasteiger partial charge in [0.25, 0.3) is 5.91 Å². The molecule has 1 atom stereocenters. The number of anilines is 1. The first-order valence-corrected chi connectivity index (χ1v) is 15.4. The number of allylic oxidation sites excluding steroid dienone is 2. The molecule has 0 bridgehead atoms. The summed E-state index contributed by atoms with van der Waals surface area (Å²) in [6, 6.07) is 12.6. The number of thiazole rings is 1. The summed E-state index contributed by atoms with van der Waals surface area (Å²) in [4.78, 5) is 16.6. The fourth-order valence-corrected chi connectivity index (χ4v) is 7.06. The highest BCUT2D eigenvalue weighted by atomic mass is 32.2. The molecule has 1 heterocycles. The first kappa shape index (κ1) is 26.6. The molecule has 0 radical (unpaired) electrons. The maximum absolute atomic E-state index is 13.0. The average Bonchev–Trinajstić information content (AvgIpc) is 3.28. The third kappa shape index (κ3) is 5.87. The molecular weight excluding hydrogens is 520 g/mol. The molecule has 2 saturated carbocycles. The normalized spacial score (nSPS) is 18.0. The molecule has 2 aliphatic carbocycles. The molecule has 2 aromatic carbocycles. The second-order valence-corrected chi connectivity index (χ2v) is 12.7. The van der Waals surface area contributed by atoms with Gasteiger partial charge in [0, 0.05) is 19.2 Å². The van der Waals surface area contributed by atoms with Crippen molar-refractivity contribution in [1.29, 1.82) is 0 Å². The lowest BCUT2D eigenvalue weighted by Gasteiger charge is -2.35. The van der Waals surface area contributed by atoms with Gasteiger partial charge in [0.05, 0.1) is 21.2 Å². The van der Waals surface area contributed by atoms with Gasteiger partial charge in [0.1, 0.15) is 5.75 Å². The van der Waals surface area contributed by atoms with E-state index in [1.165, 1.54) is 30.6 Å². The smallest absolute Gasteiger partial charge is 0.257 e. The molecular formula is C28H34N4O4S2. The van der Waals surface area contributed by atoms with Gasteiger partial charge in [-0.1, -0.05) is 47.6 Å². The lowest BCUT2D eigenvalue weighted by molar-refractivity contribution is -0.122. The first-order valence-electron chi connectivity index (χ1n) is 13.1. The van der Waals surface area contributed by atoms with Crippen LogP contribution in [0.1, 0.15) is 57.1 Å². The van der Waals surface area contributed by atoms with E-state index in [2.05, 4.69) is 27.3 Å². The molecule has 10 heteroatoms. The lowest BCUT2D eigenvalue weighted by atomic mass is 9.73. The van der Waals surface area contributed by atoms with Crippen molar-refractivity contribution in [3.8, 4) is 5.75 Å². The molecule has 1 unspecified atom stereocenters. The van der Waals surface area contributed by atoms with Crippen molar-refractivity contribution in [1.82, 2.24) is 15.0 Å². The number of amides is 1. The Bertz CT molecular complexity index is 1450. The van der Waals surface area contributed by atoms with Gasteiger partial charge in [0.2, 0.25) is 10.0 Å². The molecule has 3 aromatic rings. The summed E-state index contributed by atoms with van der Waals surface area (Å²) in [6.45, 7) is 2.48. The SMILES string of the molecule is CCC(Nc1nc2ccc(S(=O)(=O)NCC3CC(=C4CCC4)C3)cc2s1)c1ccccc1OCC(=O)NC. The Morgan fingerprint density at radius 2 is 1.95 bits per heavy atom. The summed E-state index contributed by atoms with van der Waals surface area (Å²) < 4.78 is 35.4. The number of hydrogen-bond acceptors (Lipinski definition) is 7. The molecule has 0 saturated heterocycles. The Balaban J connectivity index is 1.26. The maximum atomic E-state index is 13.0. The number of carbonyl (C=O) groups excluding carboxylic acids is 1. The maximum Gasteiger partial charge on any atom is 0.257 e. The minimum atomic E-state index is -3.59. The number of fused-ring (bicyclic) bond motifs is 1. The van der Waals surface area contributed by atoms with Crippen LogP contribution in [0.15, 0.2) is 58.5 Å². The van der Waals surface area contributed by atoms with E-state index in [4.69, 9.17) is 4.74 Å². The number of nitrogens with one attached hydrogen (secondary N) is 3. The molecule has 2 fully saturated rings. The quantitative estimate of drug-likeness (QED) is 0.283. The van der Waals surface area contributed by atoms with E-state index in [-0.39, 0.29) is 23.5 Å². The van der Waals surface area contributed by atoms with Crippen molar-refractivity contribution >= 4 is 42.6 Å². The number of rotatable bonds is 11. The van der Waals surface area contributed by atoms with Gasteiger partial charge in [0.15, 0.2) is 11.7 Å². The van der Waals surface area contributed by atoms with E-state index in [9.17, 15) is 13.2 Å². The number of ether oxygens (including phenoxy) is 1. The fourth-order valence-electron chi connectivity index (χ4n) is 4.89. The number of carbonyl (C=O) groups is 1. The zero-order valence-corrected chi connectivity index (χ0v) is 23.4. The molecule has 0 spiro atoms. The van der Waals surface area contributed by atoms with Crippen molar-refractivity contribution in [2.45, 2.75) is 56.4 Å². The number of likely N-dealkylation sites (N-methyl/N-ethyl adjacent to an activating group) is 1. The number of benzene rings is 2. The Morgan fingerprint density at radius 1 is 1.16 bits per heavy atom. The van der Waals surface area contributed by atoms with Crippen LogP contribution in [0.4, 0.5) is 5.13 Å². The molecule has 5 rings (SSSR count). The standard InChI is InChI=1S/C28H34N4O4S2/c1-3-23(22-9-4-5-10-25(22)36-17-27(33)29-2)31-28-32-24-12-11-21(15-26(24)37-28)38(34,35)30-16-18-13-20(14-18)19-7-6-8-19/h4-5,9-12,15,18,23,30H,3,6-8,13-14,16-17H2,1-2H3,(H,29,33)(H,31,32). The molecule has 0 aliphatic heterocycles. The van der Waals surface area contributed by atoms with E-state index >= 15 is 0 Å². The molecule has 202 valence electrons. The van der Waals surface area contributed by atoms with Gasteiger partial charge in [-0.25, -0.2) is 18.1 Å². The number of aromatic nitrogens is 1. The Kier molecular flexibility index (Phi) is 8.01. The summed E-state index contributed by atoms with van der Waals surface area (Å²) in [6.07, 6.45) is 6.58. The molecule has 2 aliphatic rings. The summed E-state index contributed by atoms with van der Waals surface area (Å²) in [5, 5.41) is 6.73. The molecule has 8 nitrogen and oxygen atoms in total. The summed E-state index contributed by atoms with van der Waals surface area (Å²) in [5.74, 6) is 0.833. The van der Waals surface area contributed by atoms with Gasteiger partial charge in [-0.15, -0.1) is 0 Å². The topological polar surface area (TPSA) is 109 Å². The fraction of sp³-hybridized carbons (Fsp3) is 0.429.